The van der Waals surface area contributed by atoms with Gasteiger partial charge in [0.15, 0.2) is 0 Å². The van der Waals surface area contributed by atoms with Gasteiger partial charge in [0, 0.05) is 11.5 Å². The molecule has 3 aromatic rings. The molecular weight excluding hydrogens is 272 g/mol. The average molecular weight is 288 g/mol. The van der Waals surface area contributed by atoms with E-state index in [9.17, 15) is 5.11 Å². The molecule has 2 heterocycles. The molecule has 0 unspecified atom stereocenters. The molecule has 3 nitrogen and oxygen atoms in total. The minimum Gasteiger partial charge on any atom is -0.388 e. The second kappa shape index (κ2) is 4.31. The van der Waals surface area contributed by atoms with E-state index >= 15 is 0 Å². The number of benzene rings is 2. The zero-order chi connectivity index (χ0) is 14.7. The highest BCUT2D eigenvalue weighted by Gasteiger charge is 2.41. The summed E-state index contributed by atoms with van der Waals surface area (Å²) in [6.45, 7) is 0. The van der Waals surface area contributed by atoms with E-state index in [4.69, 9.17) is 0 Å². The van der Waals surface area contributed by atoms with Crippen LogP contribution in [0.1, 0.15) is 28.8 Å². The van der Waals surface area contributed by atoms with Gasteiger partial charge in [-0.1, -0.05) is 48.5 Å². The third kappa shape index (κ3) is 1.46. The van der Waals surface area contributed by atoms with Gasteiger partial charge in [-0.3, -0.25) is 0 Å². The van der Waals surface area contributed by atoms with Gasteiger partial charge in [-0.15, -0.1) is 0 Å². The topological polar surface area (TPSA) is 38.1 Å². The molecule has 5 rings (SSSR count). The van der Waals surface area contributed by atoms with Crippen LogP contribution in [0.4, 0.5) is 0 Å². The second-order valence-corrected chi connectivity index (χ2v) is 6.23. The summed E-state index contributed by atoms with van der Waals surface area (Å²) < 4.78 is 2.23. The minimum absolute atomic E-state index is 0.161. The van der Waals surface area contributed by atoms with E-state index in [2.05, 4.69) is 52.0 Å². The average Bonchev–Trinajstić information content (AvgIpc) is 3.21. The van der Waals surface area contributed by atoms with Crippen LogP contribution in [0.15, 0.2) is 61.1 Å². The number of hydrogen-bond acceptors (Lipinski definition) is 2. The first-order valence-corrected chi connectivity index (χ1v) is 7.71. The molecule has 0 radical (unpaired) electrons. The van der Waals surface area contributed by atoms with Gasteiger partial charge in [-0.25, -0.2) is 4.98 Å². The molecule has 0 spiro atoms. The summed E-state index contributed by atoms with van der Waals surface area (Å²) in [5, 5.41) is 10.9. The second-order valence-electron chi connectivity index (χ2n) is 6.23. The Balaban J connectivity index is 1.66. The zero-order valence-corrected chi connectivity index (χ0v) is 12.1. The van der Waals surface area contributed by atoms with Gasteiger partial charge in [0.1, 0.15) is 0 Å². The first kappa shape index (κ1) is 12.2. The van der Waals surface area contributed by atoms with Crippen molar-refractivity contribution in [2.75, 3.05) is 0 Å². The molecule has 3 atom stereocenters. The normalized spacial score (nSPS) is 24.9. The summed E-state index contributed by atoms with van der Waals surface area (Å²) in [6, 6.07) is 16.9. The van der Waals surface area contributed by atoms with Gasteiger partial charge < -0.3 is 9.67 Å². The minimum atomic E-state index is -0.414. The molecule has 0 saturated heterocycles. The molecule has 1 aliphatic carbocycles. The largest absolute Gasteiger partial charge is 0.388 e. The Morgan fingerprint density at radius 3 is 2.64 bits per heavy atom. The van der Waals surface area contributed by atoms with Gasteiger partial charge in [0.25, 0.3) is 0 Å². The fourth-order valence-electron chi connectivity index (χ4n) is 4.20. The molecule has 2 aliphatic rings. The SMILES string of the molecule is O[C@H]1c2ccccc2C[C@H]1[C@H]1c2ccccc2-c2cncn21. The zero-order valence-electron chi connectivity index (χ0n) is 12.1. The van der Waals surface area contributed by atoms with E-state index in [0.717, 1.165) is 17.7 Å². The van der Waals surface area contributed by atoms with Crippen LogP contribution in [0.3, 0.4) is 0 Å². The highest BCUT2D eigenvalue weighted by molar-refractivity contribution is 5.69. The van der Waals surface area contributed by atoms with Crippen LogP contribution in [0.25, 0.3) is 11.3 Å². The van der Waals surface area contributed by atoms with Crippen molar-refractivity contribution < 1.29 is 5.11 Å². The summed E-state index contributed by atoms with van der Waals surface area (Å²) >= 11 is 0. The van der Waals surface area contributed by atoms with Crippen molar-refractivity contribution in [3.05, 3.63) is 77.7 Å². The van der Waals surface area contributed by atoms with Crippen molar-refractivity contribution in [1.82, 2.24) is 9.55 Å². The summed E-state index contributed by atoms with van der Waals surface area (Å²) in [4.78, 5) is 4.32. The quantitative estimate of drug-likeness (QED) is 0.745. The number of aliphatic hydroxyl groups excluding tert-OH is 1. The molecule has 0 fully saturated rings. The molecule has 3 heteroatoms. The van der Waals surface area contributed by atoms with Gasteiger partial charge >= 0.3 is 0 Å². The lowest BCUT2D eigenvalue weighted by Crippen LogP contribution is -2.21. The van der Waals surface area contributed by atoms with E-state index in [-0.39, 0.29) is 12.0 Å². The van der Waals surface area contributed by atoms with Crippen LogP contribution in [0.2, 0.25) is 0 Å². The number of rotatable bonds is 1. The van der Waals surface area contributed by atoms with Crippen LogP contribution in [-0.2, 0) is 6.42 Å². The van der Waals surface area contributed by atoms with Crippen LogP contribution in [0, 0.1) is 5.92 Å². The molecule has 1 aromatic heterocycles. The highest BCUT2D eigenvalue weighted by Crippen LogP contribution is 2.50. The lowest BCUT2D eigenvalue weighted by atomic mass is 9.88. The van der Waals surface area contributed by atoms with Crippen molar-refractivity contribution in [3.8, 4) is 11.3 Å². The van der Waals surface area contributed by atoms with Crippen molar-refractivity contribution in [2.24, 2.45) is 5.92 Å². The molecule has 2 aromatic carbocycles. The predicted molar refractivity (Wildman–Crippen MR) is 84.4 cm³/mol. The van der Waals surface area contributed by atoms with E-state index in [1.807, 2.05) is 18.6 Å². The van der Waals surface area contributed by atoms with Gasteiger partial charge in [-0.2, -0.15) is 0 Å². The Labute approximate surface area is 128 Å². The smallest absolute Gasteiger partial charge is 0.0956 e. The van der Waals surface area contributed by atoms with E-state index in [1.54, 1.807) is 0 Å². The molecule has 0 bridgehead atoms. The molecule has 22 heavy (non-hydrogen) atoms. The Bertz CT molecular complexity index is 867. The first-order valence-electron chi connectivity index (χ1n) is 7.71. The number of hydrogen-bond donors (Lipinski definition) is 1. The Morgan fingerprint density at radius 1 is 1.00 bits per heavy atom. The van der Waals surface area contributed by atoms with Crippen LogP contribution < -0.4 is 0 Å². The van der Waals surface area contributed by atoms with E-state index in [0.29, 0.717) is 0 Å². The summed E-state index contributed by atoms with van der Waals surface area (Å²) in [5.41, 5.74) is 6.05. The van der Waals surface area contributed by atoms with Crippen LogP contribution >= 0.6 is 0 Å². The van der Waals surface area contributed by atoms with Crippen molar-refractivity contribution >= 4 is 0 Å². The van der Waals surface area contributed by atoms with Crippen molar-refractivity contribution in [1.29, 1.82) is 0 Å². The maximum absolute atomic E-state index is 10.9. The molecule has 1 aliphatic heterocycles. The highest BCUT2D eigenvalue weighted by atomic mass is 16.3. The maximum atomic E-state index is 10.9. The number of fused-ring (bicyclic) bond motifs is 4. The monoisotopic (exact) mass is 288 g/mol. The number of imidazole rings is 1. The molecular formula is C19H16N2O. The fourth-order valence-corrected chi connectivity index (χ4v) is 4.20. The lowest BCUT2D eigenvalue weighted by Gasteiger charge is -2.25. The standard InChI is InChI=1S/C19H16N2O/c22-19-13-6-2-1-5-12(13)9-16(19)18-15-8-4-3-7-14(15)17-10-20-11-21(17)18/h1-8,10-11,16,18-19,22H,9H2/t16-,18+,19-/m0/s1. The van der Waals surface area contributed by atoms with Crippen LogP contribution in [0.5, 0.6) is 0 Å². The van der Waals surface area contributed by atoms with E-state index < -0.39 is 6.10 Å². The molecule has 108 valence electrons. The maximum Gasteiger partial charge on any atom is 0.0956 e. The van der Waals surface area contributed by atoms with Gasteiger partial charge in [-0.05, 0) is 23.1 Å². The first-order chi connectivity index (χ1) is 10.8. The molecule has 0 saturated carbocycles. The van der Waals surface area contributed by atoms with Crippen LogP contribution in [-0.4, -0.2) is 14.7 Å². The van der Waals surface area contributed by atoms with Gasteiger partial charge in [0.05, 0.1) is 30.4 Å². The summed E-state index contributed by atoms with van der Waals surface area (Å²) in [5.74, 6) is 0.161. The number of nitrogens with zero attached hydrogens (tertiary/aromatic N) is 2. The Morgan fingerprint density at radius 2 is 1.77 bits per heavy atom. The van der Waals surface area contributed by atoms with Crippen molar-refractivity contribution in [2.45, 2.75) is 18.6 Å². The number of aromatic nitrogens is 2. The predicted octanol–water partition coefficient (Wildman–Crippen LogP) is 3.36. The summed E-state index contributed by atoms with van der Waals surface area (Å²) in [6.07, 6.45) is 4.32. The Hall–Kier alpha value is -2.39. The molecule has 1 N–H and O–H groups in total. The summed E-state index contributed by atoms with van der Waals surface area (Å²) in [7, 11) is 0. The lowest BCUT2D eigenvalue weighted by molar-refractivity contribution is 0.102. The third-order valence-electron chi connectivity index (χ3n) is 5.16. The number of aliphatic hydroxyl groups is 1. The molecule has 0 amide bonds. The fraction of sp³-hybridized carbons (Fsp3) is 0.211. The van der Waals surface area contributed by atoms with Crippen molar-refractivity contribution in [3.63, 3.8) is 0 Å². The Kier molecular flexibility index (Phi) is 2.38. The van der Waals surface area contributed by atoms with Gasteiger partial charge in [0.2, 0.25) is 0 Å². The third-order valence-corrected chi connectivity index (χ3v) is 5.16. The van der Waals surface area contributed by atoms with E-state index in [1.165, 1.54) is 16.7 Å².